The summed E-state index contributed by atoms with van der Waals surface area (Å²) >= 11 is 0. The molecule has 160 valence electrons. The van der Waals surface area contributed by atoms with Crippen LogP contribution in [0, 0.1) is 0 Å². The summed E-state index contributed by atoms with van der Waals surface area (Å²) in [4.78, 5) is 25.6. The lowest BCUT2D eigenvalue weighted by molar-refractivity contribution is 0.0600. The molecule has 31 heavy (non-hydrogen) atoms. The first-order valence-corrected chi connectivity index (χ1v) is 10.2. The highest BCUT2D eigenvalue weighted by molar-refractivity contribution is 5.89. The van der Waals surface area contributed by atoms with Crippen LogP contribution < -0.4 is 4.90 Å². The third-order valence-electron chi connectivity index (χ3n) is 5.47. The van der Waals surface area contributed by atoms with Crippen molar-refractivity contribution in [2.45, 2.75) is 19.5 Å². The Morgan fingerprint density at radius 3 is 2.55 bits per heavy atom. The first kappa shape index (κ1) is 20.8. The standard InChI is InChI=1S/C24H26N4O3/c1-27(2)23-18-12-13-28(14-16-8-10-17(11-9-16)24(30)31-3)15-20(18)25-22(26-23)19-6-4-5-7-21(19)29/h4-11,29H,12-15H2,1-3H3. The number of methoxy groups -OCH3 is 1. The molecule has 1 aliphatic heterocycles. The van der Waals surface area contributed by atoms with Gasteiger partial charge in [0.15, 0.2) is 5.82 Å². The van der Waals surface area contributed by atoms with Gasteiger partial charge in [0.2, 0.25) is 0 Å². The number of phenolic OH excluding ortho intramolecular Hbond substituents is 1. The molecule has 1 aliphatic rings. The summed E-state index contributed by atoms with van der Waals surface area (Å²) in [6, 6.07) is 14.6. The van der Waals surface area contributed by atoms with E-state index in [0.717, 1.165) is 42.1 Å². The molecule has 1 N–H and O–H groups in total. The number of aromatic hydroxyl groups is 1. The third-order valence-corrected chi connectivity index (χ3v) is 5.47. The second kappa shape index (κ2) is 8.73. The quantitative estimate of drug-likeness (QED) is 0.637. The lowest BCUT2D eigenvalue weighted by atomic mass is 10.0. The van der Waals surface area contributed by atoms with Gasteiger partial charge in [-0.15, -0.1) is 0 Å². The number of hydrogen-bond donors (Lipinski definition) is 1. The van der Waals surface area contributed by atoms with Crippen molar-refractivity contribution in [2.75, 3.05) is 32.6 Å². The van der Waals surface area contributed by atoms with Gasteiger partial charge in [0.05, 0.1) is 23.9 Å². The molecule has 7 nitrogen and oxygen atoms in total. The van der Waals surface area contributed by atoms with Crippen LogP contribution in [0.2, 0.25) is 0 Å². The van der Waals surface area contributed by atoms with Gasteiger partial charge in [-0.2, -0.15) is 0 Å². The number of nitrogens with zero attached hydrogens (tertiary/aromatic N) is 4. The van der Waals surface area contributed by atoms with Gasteiger partial charge in [-0.3, -0.25) is 4.90 Å². The molecule has 0 atom stereocenters. The van der Waals surface area contributed by atoms with Gasteiger partial charge < -0.3 is 14.7 Å². The molecule has 0 radical (unpaired) electrons. The van der Waals surface area contributed by atoms with E-state index >= 15 is 0 Å². The number of anilines is 1. The Morgan fingerprint density at radius 2 is 1.87 bits per heavy atom. The monoisotopic (exact) mass is 418 g/mol. The van der Waals surface area contributed by atoms with Crippen LogP contribution in [0.3, 0.4) is 0 Å². The fourth-order valence-corrected chi connectivity index (χ4v) is 3.88. The number of ether oxygens (including phenoxy) is 1. The zero-order valence-corrected chi connectivity index (χ0v) is 18.0. The number of carbonyl (C=O) groups is 1. The number of rotatable bonds is 5. The summed E-state index contributed by atoms with van der Waals surface area (Å²) in [5.41, 5.74) is 4.43. The van der Waals surface area contributed by atoms with Crippen LogP contribution in [0.5, 0.6) is 5.75 Å². The molecule has 0 fully saturated rings. The van der Waals surface area contributed by atoms with Crippen LogP contribution in [0.25, 0.3) is 11.4 Å². The number of carbonyl (C=O) groups excluding carboxylic acids is 1. The van der Waals surface area contributed by atoms with Crippen LogP contribution >= 0.6 is 0 Å². The van der Waals surface area contributed by atoms with E-state index in [1.165, 1.54) is 7.11 Å². The van der Waals surface area contributed by atoms with E-state index in [2.05, 4.69) is 4.90 Å². The number of aromatic nitrogens is 2. The summed E-state index contributed by atoms with van der Waals surface area (Å²) in [7, 11) is 5.34. The normalized spacial score (nSPS) is 13.5. The van der Waals surface area contributed by atoms with Crippen LogP contribution in [0.1, 0.15) is 27.2 Å². The fourth-order valence-electron chi connectivity index (χ4n) is 3.88. The molecule has 0 amide bonds. The fraction of sp³-hybridized carbons (Fsp3) is 0.292. The van der Waals surface area contributed by atoms with E-state index in [0.29, 0.717) is 23.5 Å². The van der Waals surface area contributed by atoms with Crippen molar-refractivity contribution in [2.24, 2.45) is 0 Å². The molecule has 2 heterocycles. The summed E-state index contributed by atoms with van der Waals surface area (Å²) in [5.74, 6) is 1.27. The second-order valence-electron chi connectivity index (χ2n) is 7.86. The average molecular weight is 418 g/mol. The van der Waals surface area contributed by atoms with Crippen LogP contribution in [-0.2, 0) is 24.2 Å². The van der Waals surface area contributed by atoms with Gasteiger partial charge in [0.25, 0.3) is 0 Å². The summed E-state index contributed by atoms with van der Waals surface area (Å²) in [6.07, 6.45) is 0.851. The van der Waals surface area contributed by atoms with Crippen molar-refractivity contribution in [3.8, 4) is 17.1 Å². The van der Waals surface area contributed by atoms with E-state index < -0.39 is 0 Å². The first-order valence-electron chi connectivity index (χ1n) is 10.2. The molecule has 1 aromatic heterocycles. The number of esters is 1. The van der Waals surface area contributed by atoms with Gasteiger partial charge >= 0.3 is 5.97 Å². The maximum absolute atomic E-state index is 11.6. The van der Waals surface area contributed by atoms with Gasteiger partial charge in [0, 0.05) is 39.3 Å². The molecule has 2 aromatic carbocycles. The topological polar surface area (TPSA) is 78.8 Å². The van der Waals surface area contributed by atoms with Gasteiger partial charge in [-0.1, -0.05) is 24.3 Å². The predicted octanol–water partition coefficient (Wildman–Crippen LogP) is 3.26. The maximum atomic E-state index is 11.6. The Kier molecular flexibility index (Phi) is 5.86. The maximum Gasteiger partial charge on any atom is 0.337 e. The number of hydrogen-bond acceptors (Lipinski definition) is 7. The lowest BCUT2D eigenvalue weighted by Crippen LogP contribution is -2.32. The van der Waals surface area contributed by atoms with E-state index in [1.807, 2.05) is 43.3 Å². The molecule has 0 aliphatic carbocycles. The number of fused-ring (bicyclic) bond motifs is 1. The third kappa shape index (κ3) is 4.36. The molecule has 3 aromatic rings. The molecule has 0 saturated carbocycles. The molecule has 0 saturated heterocycles. The molecule has 0 spiro atoms. The Morgan fingerprint density at radius 1 is 1.13 bits per heavy atom. The minimum Gasteiger partial charge on any atom is -0.507 e. The Balaban J connectivity index is 1.60. The zero-order valence-electron chi connectivity index (χ0n) is 18.0. The van der Waals surface area contributed by atoms with Crippen LogP contribution in [0.4, 0.5) is 5.82 Å². The van der Waals surface area contributed by atoms with E-state index in [-0.39, 0.29) is 11.7 Å². The summed E-state index contributed by atoms with van der Waals surface area (Å²) in [5, 5.41) is 10.3. The van der Waals surface area contributed by atoms with Crippen molar-refractivity contribution in [1.82, 2.24) is 14.9 Å². The number of phenols is 1. The largest absolute Gasteiger partial charge is 0.507 e. The van der Waals surface area contributed by atoms with Crippen molar-refractivity contribution in [3.63, 3.8) is 0 Å². The summed E-state index contributed by atoms with van der Waals surface area (Å²) in [6.45, 7) is 2.35. The minimum absolute atomic E-state index is 0.172. The van der Waals surface area contributed by atoms with Crippen LogP contribution in [-0.4, -0.2) is 53.7 Å². The van der Waals surface area contributed by atoms with Gasteiger partial charge in [-0.05, 0) is 36.2 Å². The molecular formula is C24H26N4O3. The lowest BCUT2D eigenvalue weighted by Gasteiger charge is -2.30. The predicted molar refractivity (Wildman–Crippen MR) is 119 cm³/mol. The van der Waals surface area contributed by atoms with Crippen LogP contribution in [0.15, 0.2) is 48.5 Å². The molecular weight excluding hydrogens is 392 g/mol. The highest BCUT2D eigenvalue weighted by atomic mass is 16.5. The molecule has 7 heteroatoms. The van der Waals surface area contributed by atoms with Gasteiger partial charge in [-0.25, -0.2) is 14.8 Å². The number of para-hydroxylation sites is 1. The SMILES string of the molecule is COC(=O)c1ccc(CN2CCc3c(nc(-c4ccccc4O)nc3N(C)C)C2)cc1. The Hall–Kier alpha value is -3.45. The van der Waals surface area contributed by atoms with Crippen molar-refractivity contribution < 1.29 is 14.6 Å². The Bertz CT molecular complexity index is 1100. The van der Waals surface area contributed by atoms with Crippen molar-refractivity contribution in [3.05, 3.63) is 70.9 Å². The minimum atomic E-state index is -0.331. The zero-order chi connectivity index (χ0) is 22.0. The summed E-state index contributed by atoms with van der Waals surface area (Å²) < 4.78 is 4.77. The van der Waals surface area contributed by atoms with Gasteiger partial charge in [0.1, 0.15) is 11.6 Å². The molecule has 0 bridgehead atoms. The highest BCUT2D eigenvalue weighted by Gasteiger charge is 2.24. The van der Waals surface area contributed by atoms with Crippen molar-refractivity contribution >= 4 is 11.8 Å². The first-order chi connectivity index (χ1) is 15.0. The Labute approximate surface area is 181 Å². The molecule has 4 rings (SSSR count). The molecule has 0 unspecified atom stereocenters. The number of benzene rings is 2. The second-order valence-corrected chi connectivity index (χ2v) is 7.86. The highest BCUT2D eigenvalue weighted by Crippen LogP contribution is 2.32. The van der Waals surface area contributed by atoms with E-state index in [1.54, 1.807) is 24.3 Å². The van der Waals surface area contributed by atoms with Crippen molar-refractivity contribution in [1.29, 1.82) is 0 Å². The van der Waals surface area contributed by atoms with E-state index in [4.69, 9.17) is 14.7 Å². The van der Waals surface area contributed by atoms with E-state index in [9.17, 15) is 9.90 Å². The smallest absolute Gasteiger partial charge is 0.337 e. The average Bonchev–Trinajstić information content (AvgIpc) is 2.78.